The van der Waals surface area contributed by atoms with Gasteiger partial charge in [0.1, 0.15) is 12.2 Å². The molecule has 0 saturated heterocycles. The van der Waals surface area contributed by atoms with Crippen LogP contribution in [0.3, 0.4) is 0 Å². The first-order valence-electron chi connectivity index (χ1n) is 8.79. The second-order valence-electron chi connectivity index (χ2n) is 6.66. The normalized spacial score (nSPS) is 16.9. The van der Waals surface area contributed by atoms with Crippen LogP contribution in [0.25, 0.3) is 0 Å². The third kappa shape index (κ3) is 3.83. The quantitative estimate of drug-likeness (QED) is 0.883. The molecule has 0 aliphatic heterocycles. The molecule has 2 aromatic heterocycles. The third-order valence-electron chi connectivity index (χ3n) is 4.88. The van der Waals surface area contributed by atoms with E-state index in [2.05, 4.69) is 25.1 Å². The van der Waals surface area contributed by atoms with E-state index in [1.807, 2.05) is 24.6 Å². The zero-order valence-corrected chi connectivity index (χ0v) is 14.5. The van der Waals surface area contributed by atoms with E-state index in [0.29, 0.717) is 19.0 Å². The number of nitrogens with zero attached hydrogens (tertiary/aromatic N) is 5. The minimum atomic E-state index is 0.0220. The number of carbonyl (C=O) groups excluding carboxylic acids is 1. The van der Waals surface area contributed by atoms with Crippen LogP contribution in [0.5, 0.6) is 0 Å². The molecule has 2 aromatic rings. The van der Waals surface area contributed by atoms with E-state index in [1.165, 1.54) is 32.1 Å². The van der Waals surface area contributed by atoms with Crippen molar-refractivity contribution in [1.29, 1.82) is 0 Å². The molecule has 1 amide bonds. The van der Waals surface area contributed by atoms with E-state index in [-0.39, 0.29) is 11.9 Å². The van der Waals surface area contributed by atoms with Crippen LogP contribution in [-0.2, 0) is 11.3 Å². The van der Waals surface area contributed by atoms with Crippen molar-refractivity contribution in [2.24, 2.45) is 0 Å². The molecule has 1 fully saturated rings. The maximum absolute atomic E-state index is 12.2. The van der Waals surface area contributed by atoms with Crippen molar-refractivity contribution in [3.05, 3.63) is 30.4 Å². The van der Waals surface area contributed by atoms with Crippen molar-refractivity contribution in [2.75, 3.05) is 0 Å². The maximum Gasteiger partial charge on any atom is 0.222 e. The lowest BCUT2D eigenvalue weighted by molar-refractivity contribution is -0.122. The van der Waals surface area contributed by atoms with Crippen LogP contribution in [-0.4, -0.2) is 30.2 Å². The van der Waals surface area contributed by atoms with Crippen LogP contribution in [0.4, 0.5) is 0 Å². The highest BCUT2D eigenvalue weighted by Gasteiger charge is 2.19. The van der Waals surface area contributed by atoms with Gasteiger partial charge >= 0.3 is 0 Å². The van der Waals surface area contributed by atoms with Gasteiger partial charge in [-0.2, -0.15) is 0 Å². The molecule has 24 heavy (non-hydrogen) atoms. The third-order valence-corrected chi connectivity index (χ3v) is 4.88. The summed E-state index contributed by atoms with van der Waals surface area (Å²) in [5.74, 6) is 1.79. The Hall–Kier alpha value is -2.18. The number of amides is 1. The Kier molecular flexibility index (Phi) is 5.27. The molecule has 1 saturated carbocycles. The van der Waals surface area contributed by atoms with Gasteiger partial charge in [0.25, 0.3) is 0 Å². The van der Waals surface area contributed by atoms with Crippen molar-refractivity contribution >= 4 is 5.91 Å². The van der Waals surface area contributed by atoms with Crippen LogP contribution in [0.15, 0.2) is 18.7 Å². The van der Waals surface area contributed by atoms with Crippen molar-refractivity contribution in [3.63, 3.8) is 0 Å². The summed E-state index contributed by atoms with van der Waals surface area (Å²) in [6.45, 7) is 4.41. The zero-order chi connectivity index (χ0) is 16.9. The number of imidazole rings is 1. The first-order chi connectivity index (χ1) is 11.6. The molecule has 3 rings (SSSR count). The number of aromatic nitrogens is 5. The molecule has 7 nitrogen and oxygen atoms in total. The summed E-state index contributed by atoms with van der Waals surface area (Å²) >= 11 is 0. The van der Waals surface area contributed by atoms with E-state index < -0.39 is 0 Å². The van der Waals surface area contributed by atoms with Crippen molar-refractivity contribution < 1.29 is 4.79 Å². The van der Waals surface area contributed by atoms with Gasteiger partial charge in [0, 0.05) is 30.9 Å². The lowest BCUT2D eigenvalue weighted by Gasteiger charge is -2.24. The molecule has 1 N–H and O–H groups in total. The van der Waals surface area contributed by atoms with E-state index in [1.54, 1.807) is 12.5 Å². The molecule has 1 aliphatic rings. The Labute approximate surface area is 142 Å². The smallest absolute Gasteiger partial charge is 0.222 e. The molecule has 2 heterocycles. The number of carbonyl (C=O) groups is 1. The summed E-state index contributed by atoms with van der Waals surface area (Å²) in [5, 5.41) is 11.2. The minimum Gasteiger partial charge on any atom is -0.349 e. The number of aryl methyl sites for hydroxylation is 1. The summed E-state index contributed by atoms with van der Waals surface area (Å²) in [4.78, 5) is 16.4. The summed E-state index contributed by atoms with van der Waals surface area (Å²) in [6, 6.07) is 0.567. The predicted molar refractivity (Wildman–Crippen MR) is 90.3 cm³/mol. The van der Waals surface area contributed by atoms with Gasteiger partial charge < -0.3 is 14.5 Å². The Morgan fingerprint density at radius 3 is 2.88 bits per heavy atom. The Morgan fingerprint density at radius 2 is 2.17 bits per heavy atom. The number of nitrogens with one attached hydrogen (secondary N) is 1. The van der Waals surface area contributed by atoms with Crippen LogP contribution in [0.2, 0.25) is 0 Å². The molecule has 0 bridgehead atoms. The van der Waals surface area contributed by atoms with Gasteiger partial charge in [0.2, 0.25) is 5.91 Å². The zero-order valence-electron chi connectivity index (χ0n) is 14.5. The topological polar surface area (TPSA) is 77.6 Å². The summed E-state index contributed by atoms with van der Waals surface area (Å²) in [6.07, 6.45) is 12.1. The van der Waals surface area contributed by atoms with Gasteiger partial charge in [0.05, 0.1) is 6.54 Å². The van der Waals surface area contributed by atoms with Gasteiger partial charge in [-0.05, 0) is 26.7 Å². The highest BCUT2D eigenvalue weighted by atomic mass is 16.1. The molecular formula is C17H26N6O. The molecular weight excluding hydrogens is 304 g/mol. The molecule has 0 aromatic carbocycles. The van der Waals surface area contributed by atoms with Crippen LogP contribution in [0, 0.1) is 6.92 Å². The largest absolute Gasteiger partial charge is 0.349 e. The Balaban J connectivity index is 1.53. The fourth-order valence-corrected chi connectivity index (χ4v) is 3.53. The lowest BCUT2D eigenvalue weighted by Crippen LogP contribution is -2.27. The van der Waals surface area contributed by atoms with E-state index >= 15 is 0 Å². The molecule has 7 heteroatoms. The molecule has 130 valence electrons. The Morgan fingerprint density at radius 1 is 1.38 bits per heavy atom. The maximum atomic E-state index is 12.2. The fraction of sp³-hybridized carbons (Fsp3) is 0.647. The van der Waals surface area contributed by atoms with Gasteiger partial charge in [0.15, 0.2) is 5.82 Å². The van der Waals surface area contributed by atoms with Gasteiger partial charge in [-0.1, -0.05) is 19.3 Å². The molecule has 1 unspecified atom stereocenters. The number of rotatable bonds is 6. The second kappa shape index (κ2) is 7.59. The van der Waals surface area contributed by atoms with Gasteiger partial charge in [-0.3, -0.25) is 4.79 Å². The molecule has 0 radical (unpaired) electrons. The minimum absolute atomic E-state index is 0.0220. The second-order valence-corrected chi connectivity index (χ2v) is 6.66. The summed E-state index contributed by atoms with van der Waals surface area (Å²) < 4.78 is 4.16. The standard InChI is InChI=1S/C17H26N6O/c1-13(22-9-8-18-14(22)2)10-17(24)19-11-16-21-20-12-23(16)15-6-4-3-5-7-15/h8-9,12-13,15H,3-7,10-11H2,1-2H3,(H,19,24). The lowest BCUT2D eigenvalue weighted by atomic mass is 9.95. The van der Waals surface area contributed by atoms with E-state index in [9.17, 15) is 4.79 Å². The van der Waals surface area contributed by atoms with Crippen molar-refractivity contribution in [3.8, 4) is 0 Å². The van der Waals surface area contributed by atoms with Crippen LogP contribution >= 0.6 is 0 Å². The van der Waals surface area contributed by atoms with Gasteiger partial charge in [-0.25, -0.2) is 4.98 Å². The highest BCUT2D eigenvalue weighted by molar-refractivity contribution is 5.76. The van der Waals surface area contributed by atoms with E-state index in [0.717, 1.165) is 11.6 Å². The molecule has 0 spiro atoms. The molecule has 1 aliphatic carbocycles. The van der Waals surface area contributed by atoms with Crippen molar-refractivity contribution in [2.45, 2.75) is 71.0 Å². The van der Waals surface area contributed by atoms with Gasteiger partial charge in [-0.15, -0.1) is 10.2 Å². The monoisotopic (exact) mass is 330 g/mol. The highest BCUT2D eigenvalue weighted by Crippen LogP contribution is 2.28. The fourth-order valence-electron chi connectivity index (χ4n) is 3.53. The predicted octanol–water partition coefficient (Wildman–Crippen LogP) is 2.56. The average molecular weight is 330 g/mol. The summed E-state index contributed by atoms with van der Waals surface area (Å²) in [7, 11) is 0. The first kappa shape index (κ1) is 16.7. The Bertz CT molecular complexity index is 670. The average Bonchev–Trinajstić information content (AvgIpc) is 3.22. The van der Waals surface area contributed by atoms with Crippen molar-refractivity contribution in [1.82, 2.24) is 29.6 Å². The first-order valence-corrected chi connectivity index (χ1v) is 8.79. The SMILES string of the molecule is Cc1nccn1C(C)CC(=O)NCc1nncn1C1CCCCC1. The van der Waals surface area contributed by atoms with E-state index in [4.69, 9.17) is 0 Å². The number of hydrogen-bond donors (Lipinski definition) is 1. The van der Waals surface area contributed by atoms with Crippen LogP contribution < -0.4 is 5.32 Å². The number of hydrogen-bond acceptors (Lipinski definition) is 4. The van der Waals surface area contributed by atoms with Crippen LogP contribution in [0.1, 0.15) is 69.2 Å². The summed E-state index contributed by atoms with van der Waals surface area (Å²) in [5.41, 5.74) is 0. The molecule has 1 atom stereocenters.